The SMILES string of the molecule is C=CC(=O)NCO.COC. The van der Waals surface area contributed by atoms with Crippen LogP contribution in [-0.4, -0.2) is 32.0 Å². The number of carbonyl (C=O) groups is 1. The van der Waals surface area contributed by atoms with E-state index < -0.39 is 0 Å². The van der Waals surface area contributed by atoms with Gasteiger partial charge in [-0.1, -0.05) is 6.58 Å². The van der Waals surface area contributed by atoms with Crippen molar-refractivity contribution in [3.8, 4) is 0 Å². The molecular weight excluding hydrogens is 134 g/mol. The third-order valence-corrected chi connectivity index (χ3v) is 0.439. The maximum Gasteiger partial charge on any atom is 0.245 e. The number of hydrogen-bond donors (Lipinski definition) is 2. The van der Waals surface area contributed by atoms with Gasteiger partial charge in [-0.2, -0.15) is 0 Å². The molecule has 60 valence electrons. The summed E-state index contributed by atoms with van der Waals surface area (Å²) in [6.45, 7) is 2.83. The van der Waals surface area contributed by atoms with Gasteiger partial charge in [0.1, 0.15) is 6.73 Å². The van der Waals surface area contributed by atoms with Gasteiger partial charge < -0.3 is 15.2 Å². The third-order valence-electron chi connectivity index (χ3n) is 0.439. The monoisotopic (exact) mass is 147 g/mol. The van der Waals surface area contributed by atoms with Crippen molar-refractivity contribution < 1.29 is 14.6 Å². The number of ether oxygens (including phenoxy) is 1. The van der Waals surface area contributed by atoms with Crippen molar-refractivity contribution in [3.63, 3.8) is 0 Å². The van der Waals surface area contributed by atoms with Crippen LogP contribution in [0.1, 0.15) is 0 Å². The molecule has 0 rings (SSSR count). The molecule has 4 nitrogen and oxygen atoms in total. The lowest BCUT2D eigenvalue weighted by Crippen LogP contribution is -2.20. The summed E-state index contributed by atoms with van der Waals surface area (Å²) in [4.78, 5) is 10.0. The molecular formula is C6H13NO3. The fourth-order valence-electron chi connectivity index (χ4n) is 0.150. The smallest absolute Gasteiger partial charge is 0.245 e. The van der Waals surface area contributed by atoms with Gasteiger partial charge in [0.25, 0.3) is 0 Å². The Morgan fingerprint density at radius 1 is 1.80 bits per heavy atom. The van der Waals surface area contributed by atoms with E-state index in [0.29, 0.717) is 0 Å². The second-order valence-electron chi connectivity index (χ2n) is 1.31. The molecule has 0 saturated heterocycles. The molecule has 0 aromatic carbocycles. The van der Waals surface area contributed by atoms with Gasteiger partial charge in [0.15, 0.2) is 0 Å². The van der Waals surface area contributed by atoms with Gasteiger partial charge in [0, 0.05) is 14.2 Å². The number of aliphatic hydroxyl groups excluding tert-OH is 1. The van der Waals surface area contributed by atoms with Gasteiger partial charge in [0.2, 0.25) is 5.91 Å². The number of aliphatic hydroxyl groups is 1. The predicted octanol–water partition coefficient (Wildman–Crippen LogP) is -0.499. The normalized spacial score (nSPS) is 7.10. The highest BCUT2D eigenvalue weighted by atomic mass is 16.4. The van der Waals surface area contributed by atoms with Crippen LogP contribution in [0.3, 0.4) is 0 Å². The Hall–Kier alpha value is -0.870. The Bertz CT molecular complexity index is 93.0. The predicted molar refractivity (Wildman–Crippen MR) is 38.4 cm³/mol. The largest absolute Gasteiger partial charge is 0.388 e. The minimum absolute atomic E-state index is 0.329. The highest BCUT2D eigenvalue weighted by molar-refractivity contribution is 5.86. The molecule has 0 fully saturated rings. The van der Waals surface area contributed by atoms with Crippen LogP contribution in [0.5, 0.6) is 0 Å². The summed E-state index contributed by atoms with van der Waals surface area (Å²) in [5.41, 5.74) is 0. The molecule has 0 spiro atoms. The summed E-state index contributed by atoms with van der Waals surface area (Å²) in [6, 6.07) is 0. The maximum absolute atomic E-state index is 10.0. The number of amides is 1. The van der Waals surface area contributed by atoms with Gasteiger partial charge in [-0.25, -0.2) is 0 Å². The van der Waals surface area contributed by atoms with Crippen molar-refractivity contribution in [2.24, 2.45) is 0 Å². The first-order valence-corrected chi connectivity index (χ1v) is 2.64. The first-order chi connectivity index (χ1) is 4.72. The molecule has 0 aromatic heterocycles. The fraction of sp³-hybridized carbons (Fsp3) is 0.500. The van der Waals surface area contributed by atoms with Gasteiger partial charge in [-0.3, -0.25) is 4.79 Å². The van der Waals surface area contributed by atoms with E-state index in [9.17, 15) is 4.79 Å². The Kier molecular flexibility index (Phi) is 13.1. The molecule has 2 N–H and O–H groups in total. The number of methoxy groups -OCH3 is 1. The molecule has 0 aliphatic carbocycles. The van der Waals surface area contributed by atoms with E-state index in [2.05, 4.69) is 16.6 Å². The molecule has 0 bridgehead atoms. The second-order valence-corrected chi connectivity index (χ2v) is 1.31. The van der Waals surface area contributed by atoms with Gasteiger partial charge in [0.05, 0.1) is 0 Å². The molecule has 0 radical (unpaired) electrons. The van der Waals surface area contributed by atoms with Crippen LogP contribution in [0.4, 0.5) is 0 Å². The summed E-state index contributed by atoms with van der Waals surface area (Å²) in [6.07, 6.45) is 1.09. The zero-order chi connectivity index (χ0) is 8.41. The molecule has 10 heavy (non-hydrogen) atoms. The van der Waals surface area contributed by atoms with Crippen molar-refractivity contribution in [1.82, 2.24) is 5.32 Å². The van der Waals surface area contributed by atoms with Crippen LogP contribution >= 0.6 is 0 Å². The average molecular weight is 147 g/mol. The Morgan fingerprint density at radius 3 is 2.30 bits per heavy atom. The molecule has 1 amide bonds. The standard InChI is InChI=1S/C4H7NO2.C2H6O/c1-2-4(7)5-3-6;1-3-2/h2,6H,1,3H2,(H,5,7);1-2H3. The van der Waals surface area contributed by atoms with Crippen LogP contribution in [0.15, 0.2) is 12.7 Å². The number of carbonyl (C=O) groups excluding carboxylic acids is 1. The molecule has 0 heterocycles. The summed E-state index contributed by atoms with van der Waals surface area (Å²) in [5, 5.41) is 10.1. The van der Waals surface area contributed by atoms with Crippen LogP contribution in [0.2, 0.25) is 0 Å². The molecule has 0 aromatic rings. The van der Waals surface area contributed by atoms with Crippen LogP contribution < -0.4 is 5.32 Å². The fourth-order valence-corrected chi connectivity index (χ4v) is 0.150. The van der Waals surface area contributed by atoms with Crippen molar-refractivity contribution in [2.45, 2.75) is 0 Å². The molecule has 0 saturated carbocycles. The third kappa shape index (κ3) is 15.7. The Labute approximate surface area is 60.5 Å². The topological polar surface area (TPSA) is 58.6 Å². The number of rotatable bonds is 2. The lowest BCUT2D eigenvalue weighted by atomic mass is 10.6. The van der Waals surface area contributed by atoms with Crippen molar-refractivity contribution >= 4 is 5.91 Å². The summed E-state index contributed by atoms with van der Waals surface area (Å²) >= 11 is 0. The zero-order valence-electron chi connectivity index (χ0n) is 6.26. The second kappa shape index (κ2) is 11.0. The Morgan fingerprint density at radius 2 is 2.20 bits per heavy atom. The number of hydrogen-bond acceptors (Lipinski definition) is 3. The van der Waals surface area contributed by atoms with E-state index in [0.717, 1.165) is 6.08 Å². The zero-order valence-corrected chi connectivity index (χ0v) is 6.26. The van der Waals surface area contributed by atoms with Crippen molar-refractivity contribution in [1.29, 1.82) is 0 Å². The van der Waals surface area contributed by atoms with Gasteiger partial charge in [-0.15, -0.1) is 0 Å². The molecule has 0 aliphatic rings. The average Bonchev–Trinajstić information content (AvgIpc) is 1.90. The van der Waals surface area contributed by atoms with Gasteiger partial charge in [-0.05, 0) is 6.08 Å². The summed E-state index contributed by atoms with van der Waals surface area (Å²) in [5.74, 6) is -0.359. The molecule has 0 atom stereocenters. The first-order valence-electron chi connectivity index (χ1n) is 2.64. The lowest BCUT2D eigenvalue weighted by molar-refractivity contribution is -0.117. The van der Waals surface area contributed by atoms with E-state index in [1.165, 1.54) is 0 Å². The van der Waals surface area contributed by atoms with E-state index in [-0.39, 0.29) is 12.6 Å². The maximum atomic E-state index is 10.0. The van der Waals surface area contributed by atoms with Crippen LogP contribution in [0.25, 0.3) is 0 Å². The number of nitrogens with one attached hydrogen (secondary N) is 1. The van der Waals surface area contributed by atoms with E-state index in [1.807, 2.05) is 0 Å². The summed E-state index contributed by atoms with van der Waals surface area (Å²) in [7, 11) is 3.25. The van der Waals surface area contributed by atoms with Crippen molar-refractivity contribution in [3.05, 3.63) is 12.7 Å². The summed E-state index contributed by atoms with van der Waals surface area (Å²) < 4.78 is 4.25. The van der Waals surface area contributed by atoms with E-state index >= 15 is 0 Å². The highest BCUT2D eigenvalue weighted by Gasteiger charge is 1.84. The molecule has 0 aliphatic heterocycles. The molecule has 4 heteroatoms. The first kappa shape index (κ1) is 11.9. The minimum atomic E-state index is -0.359. The minimum Gasteiger partial charge on any atom is -0.388 e. The van der Waals surface area contributed by atoms with Gasteiger partial charge >= 0.3 is 0 Å². The van der Waals surface area contributed by atoms with Crippen LogP contribution in [0, 0.1) is 0 Å². The van der Waals surface area contributed by atoms with E-state index in [4.69, 9.17) is 5.11 Å². The quantitative estimate of drug-likeness (QED) is 0.409. The Balaban J connectivity index is 0. The lowest BCUT2D eigenvalue weighted by Gasteiger charge is -1.89. The molecule has 0 unspecified atom stereocenters. The van der Waals surface area contributed by atoms with Crippen molar-refractivity contribution in [2.75, 3.05) is 21.0 Å². The van der Waals surface area contributed by atoms with E-state index in [1.54, 1.807) is 14.2 Å². The highest BCUT2D eigenvalue weighted by Crippen LogP contribution is 1.59. The van der Waals surface area contributed by atoms with Crippen LogP contribution in [-0.2, 0) is 9.53 Å².